The van der Waals surface area contributed by atoms with Crippen molar-refractivity contribution in [2.24, 2.45) is 5.73 Å². The predicted octanol–water partition coefficient (Wildman–Crippen LogP) is 3.39. The van der Waals surface area contributed by atoms with Crippen molar-refractivity contribution < 1.29 is 4.74 Å². The Kier molecular flexibility index (Phi) is 9.05. The highest BCUT2D eigenvalue weighted by atomic mass is 32.1. The fourth-order valence-corrected chi connectivity index (χ4v) is 1.62. The van der Waals surface area contributed by atoms with E-state index < -0.39 is 0 Å². The van der Waals surface area contributed by atoms with Crippen LogP contribution in [0, 0.1) is 0 Å². The fourth-order valence-electron chi connectivity index (χ4n) is 1.49. The molecule has 3 heteroatoms. The minimum atomic E-state index is 0.186. The standard InChI is InChI=1S/C11H23NOS/c1-3-5-6-7-8-9-10(4-2)13-11(12)14/h10H,3-9H2,1-2H3,(H2,12,14). The first-order chi connectivity index (χ1) is 6.70. The van der Waals surface area contributed by atoms with Gasteiger partial charge in [0.05, 0.1) is 0 Å². The van der Waals surface area contributed by atoms with E-state index in [2.05, 4.69) is 13.8 Å². The average molecular weight is 217 g/mol. The van der Waals surface area contributed by atoms with Gasteiger partial charge in [0.25, 0.3) is 5.17 Å². The third kappa shape index (κ3) is 8.30. The van der Waals surface area contributed by atoms with Crippen LogP contribution in [0.1, 0.15) is 58.8 Å². The molecule has 1 unspecified atom stereocenters. The van der Waals surface area contributed by atoms with Crippen molar-refractivity contribution >= 4 is 17.4 Å². The van der Waals surface area contributed by atoms with Gasteiger partial charge in [-0.1, -0.05) is 39.5 Å². The summed E-state index contributed by atoms with van der Waals surface area (Å²) in [5.41, 5.74) is 5.33. The molecule has 0 bridgehead atoms. The number of unbranched alkanes of at least 4 members (excludes halogenated alkanes) is 4. The minimum absolute atomic E-state index is 0.186. The van der Waals surface area contributed by atoms with Gasteiger partial charge in [-0.25, -0.2) is 0 Å². The topological polar surface area (TPSA) is 35.2 Å². The zero-order valence-corrected chi connectivity index (χ0v) is 10.2. The highest BCUT2D eigenvalue weighted by Gasteiger charge is 2.07. The van der Waals surface area contributed by atoms with E-state index in [1.807, 2.05) is 0 Å². The van der Waals surface area contributed by atoms with Gasteiger partial charge in [0.1, 0.15) is 6.10 Å². The second kappa shape index (κ2) is 9.25. The predicted molar refractivity (Wildman–Crippen MR) is 65.3 cm³/mol. The van der Waals surface area contributed by atoms with Crippen LogP contribution in [0.25, 0.3) is 0 Å². The Morgan fingerprint density at radius 3 is 2.36 bits per heavy atom. The molecule has 0 aromatic rings. The summed E-state index contributed by atoms with van der Waals surface area (Å²) in [6.45, 7) is 4.33. The number of ether oxygens (including phenoxy) is 1. The highest BCUT2D eigenvalue weighted by molar-refractivity contribution is 7.80. The lowest BCUT2D eigenvalue weighted by Gasteiger charge is -2.15. The Balaban J connectivity index is 3.38. The maximum atomic E-state index is 5.33. The van der Waals surface area contributed by atoms with Crippen molar-refractivity contribution in [1.82, 2.24) is 0 Å². The molecule has 0 rings (SSSR count). The van der Waals surface area contributed by atoms with E-state index in [4.69, 9.17) is 22.7 Å². The molecular formula is C11H23NOS. The van der Waals surface area contributed by atoms with Crippen LogP contribution in [-0.2, 0) is 4.74 Å². The van der Waals surface area contributed by atoms with E-state index in [1.165, 1.54) is 32.1 Å². The van der Waals surface area contributed by atoms with E-state index in [9.17, 15) is 0 Å². The first-order valence-corrected chi connectivity index (χ1v) is 6.07. The number of hydrogen-bond donors (Lipinski definition) is 1. The zero-order valence-electron chi connectivity index (χ0n) is 9.42. The SMILES string of the molecule is CCCCCCCC(CC)OC(N)=S. The molecule has 1 atom stereocenters. The first-order valence-electron chi connectivity index (χ1n) is 5.66. The summed E-state index contributed by atoms with van der Waals surface area (Å²) < 4.78 is 5.32. The van der Waals surface area contributed by atoms with Gasteiger partial charge in [-0.3, -0.25) is 0 Å². The van der Waals surface area contributed by atoms with Crippen LogP contribution in [0.5, 0.6) is 0 Å². The van der Waals surface area contributed by atoms with Crippen molar-refractivity contribution in [2.45, 2.75) is 64.9 Å². The van der Waals surface area contributed by atoms with Gasteiger partial charge in [0.2, 0.25) is 0 Å². The molecule has 0 aromatic heterocycles. The lowest BCUT2D eigenvalue weighted by atomic mass is 10.1. The smallest absolute Gasteiger partial charge is 0.254 e. The molecular weight excluding hydrogens is 194 g/mol. The quantitative estimate of drug-likeness (QED) is 0.500. The Morgan fingerprint density at radius 2 is 1.86 bits per heavy atom. The highest BCUT2D eigenvalue weighted by Crippen LogP contribution is 2.11. The van der Waals surface area contributed by atoms with Gasteiger partial charge in [0, 0.05) is 0 Å². The molecule has 0 saturated heterocycles. The summed E-state index contributed by atoms with van der Waals surface area (Å²) in [5.74, 6) is 0. The molecule has 0 heterocycles. The van der Waals surface area contributed by atoms with Crippen molar-refractivity contribution in [2.75, 3.05) is 0 Å². The molecule has 0 saturated carbocycles. The van der Waals surface area contributed by atoms with Crippen molar-refractivity contribution in [3.05, 3.63) is 0 Å². The molecule has 0 amide bonds. The van der Waals surface area contributed by atoms with E-state index in [0.717, 1.165) is 12.8 Å². The second-order valence-electron chi connectivity index (χ2n) is 3.67. The molecule has 2 N–H and O–H groups in total. The number of thiocarbonyl (C=S) groups is 1. The normalized spacial score (nSPS) is 12.4. The number of nitrogens with two attached hydrogens (primary N) is 1. The summed E-state index contributed by atoms with van der Waals surface area (Å²) >= 11 is 4.71. The number of rotatable bonds is 8. The first kappa shape index (κ1) is 13.7. The Morgan fingerprint density at radius 1 is 1.21 bits per heavy atom. The molecule has 0 aliphatic heterocycles. The van der Waals surface area contributed by atoms with Gasteiger partial charge in [-0.2, -0.15) is 0 Å². The van der Waals surface area contributed by atoms with Gasteiger partial charge in [-0.15, -0.1) is 0 Å². The molecule has 84 valence electrons. The Bertz CT molecular complexity index is 150. The van der Waals surface area contributed by atoms with Crippen molar-refractivity contribution in [3.8, 4) is 0 Å². The minimum Gasteiger partial charge on any atom is -0.468 e. The molecule has 0 spiro atoms. The fraction of sp³-hybridized carbons (Fsp3) is 0.909. The largest absolute Gasteiger partial charge is 0.468 e. The van der Waals surface area contributed by atoms with Crippen molar-refractivity contribution in [1.29, 1.82) is 0 Å². The maximum absolute atomic E-state index is 5.33. The Hall–Kier alpha value is -0.310. The van der Waals surface area contributed by atoms with Crippen LogP contribution in [0.15, 0.2) is 0 Å². The lowest BCUT2D eigenvalue weighted by Crippen LogP contribution is -2.21. The van der Waals surface area contributed by atoms with Gasteiger partial charge >= 0.3 is 0 Å². The summed E-state index contributed by atoms with van der Waals surface area (Å²) in [6.07, 6.45) is 8.79. The molecule has 0 aromatic carbocycles. The summed E-state index contributed by atoms with van der Waals surface area (Å²) in [4.78, 5) is 0. The third-order valence-corrected chi connectivity index (χ3v) is 2.46. The monoisotopic (exact) mass is 217 g/mol. The molecule has 2 nitrogen and oxygen atoms in total. The van der Waals surface area contributed by atoms with E-state index in [1.54, 1.807) is 0 Å². The zero-order chi connectivity index (χ0) is 10.8. The summed E-state index contributed by atoms with van der Waals surface area (Å²) in [7, 11) is 0. The molecule has 14 heavy (non-hydrogen) atoms. The van der Waals surface area contributed by atoms with Crippen LogP contribution in [0.3, 0.4) is 0 Å². The second-order valence-corrected chi connectivity index (χ2v) is 4.07. The average Bonchev–Trinajstić information content (AvgIpc) is 2.15. The van der Waals surface area contributed by atoms with Crippen LogP contribution in [0.2, 0.25) is 0 Å². The van der Waals surface area contributed by atoms with Crippen LogP contribution < -0.4 is 5.73 Å². The Labute approximate surface area is 93.2 Å². The van der Waals surface area contributed by atoms with E-state index in [0.29, 0.717) is 0 Å². The summed E-state index contributed by atoms with van der Waals surface area (Å²) in [5, 5.41) is 0.186. The maximum Gasteiger partial charge on any atom is 0.254 e. The summed E-state index contributed by atoms with van der Waals surface area (Å²) in [6, 6.07) is 0. The molecule has 0 aliphatic rings. The van der Waals surface area contributed by atoms with E-state index >= 15 is 0 Å². The van der Waals surface area contributed by atoms with Crippen LogP contribution in [-0.4, -0.2) is 11.3 Å². The third-order valence-electron chi connectivity index (χ3n) is 2.37. The molecule has 0 fully saturated rings. The van der Waals surface area contributed by atoms with Gasteiger partial charge < -0.3 is 10.5 Å². The van der Waals surface area contributed by atoms with Crippen molar-refractivity contribution in [3.63, 3.8) is 0 Å². The van der Waals surface area contributed by atoms with Crippen LogP contribution in [0.4, 0.5) is 0 Å². The number of hydrogen-bond acceptors (Lipinski definition) is 2. The lowest BCUT2D eigenvalue weighted by molar-refractivity contribution is 0.172. The van der Waals surface area contributed by atoms with Gasteiger partial charge in [-0.05, 0) is 31.5 Å². The van der Waals surface area contributed by atoms with Crippen LogP contribution >= 0.6 is 12.2 Å². The van der Waals surface area contributed by atoms with Gasteiger partial charge in [0.15, 0.2) is 0 Å². The molecule has 0 radical (unpaired) electrons. The van der Waals surface area contributed by atoms with E-state index in [-0.39, 0.29) is 11.3 Å². The molecule has 0 aliphatic carbocycles.